The Labute approximate surface area is 110 Å². The molecule has 0 aliphatic carbocycles. The van der Waals surface area contributed by atoms with Crippen molar-refractivity contribution in [3.05, 3.63) is 17.9 Å². The molecule has 1 aromatic rings. The maximum Gasteiger partial charge on any atom is 0.324 e. The molecular weight excluding hydrogens is 274 g/mol. The average Bonchev–Trinajstić information content (AvgIpc) is 2.75. The number of carboxylic acids is 1. The molecule has 19 heavy (non-hydrogen) atoms. The van der Waals surface area contributed by atoms with E-state index in [0.717, 1.165) is 4.31 Å². The fraction of sp³-hybridized carbons (Fsp3) is 0.545. The van der Waals surface area contributed by atoms with E-state index < -0.39 is 28.1 Å². The number of aliphatic carboxylic acids is 1. The van der Waals surface area contributed by atoms with Gasteiger partial charge in [0, 0.05) is 12.6 Å². The minimum atomic E-state index is -3.96. The molecular formula is C11H15NO6S. The van der Waals surface area contributed by atoms with Crippen molar-refractivity contribution in [2.45, 2.75) is 31.1 Å². The van der Waals surface area contributed by atoms with E-state index in [0.29, 0.717) is 5.56 Å². The summed E-state index contributed by atoms with van der Waals surface area (Å²) in [5, 5.41) is 8.93. The van der Waals surface area contributed by atoms with Crippen LogP contribution in [0, 0.1) is 6.92 Å². The summed E-state index contributed by atoms with van der Waals surface area (Å²) in [6, 6.07) is 0.123. The molecule has 2 rings (SSSR count). The normalized spacial score (nSPS) is 25.4. The monoisotopic (exact) mass is 289 g/mol. The van der Waals surface area contributed by atoms with Gasteiger partial charge in [-0.2, -0.15) is 4.31 Å². The van der Waals surface area contributed by atoms with Crippen LogP contribution in [-0.4, -0.2) is 49.1 Å². The second kappa shape index (κ2) is 4.95. The van der Waals surface area contributed by atoms with Crippen molar-refractivity contribution in [3.8, 4) is 0 Å². The molecule has 1 saturated heterocycles. The highest BCUT2D eigenvalue weighted by Crippen LogP contribution is 2.25. The van der Waals surface area contributed by atoms with Crippen LogP contribution >= 0.6 is 0 Å². The van der Waals surface area contributed by atoms with Gasteiger partial charge in [-0.15, -0.1) is 0 Å². The van der Waals surface area contributed by atoms with Crippen LogP contribution in [0.4, 0.5) is 0 Å². The van der Waals surface area contributed by atoms with Crippen molar-refractivity contribution in [2.24, 2.45) is 0 Å². The van der Waals surface area contributed by atoms with Crippen LogP contribution in [0.15, 0.2) is 21.8 Å². The summed E-state index contributed by atoms with van der Waals surface area (Å²) in [7, 11) is -3.96. The van der Waals surface area contributed by atoms with Gasteiger partial charge in [0.1, 0.15) is 6.04 Å². The van der Waals surface area contributed by atoms with Gasteiger partial charge in [-0.25, -0.2) is 8.42 Å². The number of sulfonamides is 1. The third-order valence-electron chi connectivity index (χ3n) is 2.97. The van der Waals surface area contributed by atoms with Crippen molar-refractivity contribution >= 4 is 16.0 Å². The zero-order valence-electron chi connectivity index (χ0n) is 10.6. The first kappa shape index (κ1) is 14.0. The van der Waals surface area contributed by atoms with E-state index in [1.54, 1.807) is 6.92 Å². The topological polar surface area (TPSA) is 97.0 Å². The van der Waals surface area contributed by atoms with Crippen LogP contribution in [0.25, 0.3) is 0 Å². The lowest BCUT2D eigenvalue weighted by atomic mass is 10.1. The molecule has 0 spiro atoms. The van der Waals surface area contributed by atoms with Gasteiger partial charge >= 0.3 is 5.97 Å². The number of morpholine rings is 1. The molecule has 1 aromatic heterocycles. The molecule has 1 N–H and O–H groups in total. The van der Waals surface area contributed by atoms with E-state index >= 15 is 0 Å². The van der Waals surface area contributed by atoms with Crippen LogP contribution in [0.3, 0.4) is 0 Å². The largest absolute Gasteiger partial charge is 0.480 e. The summed E-state index contributed by atoms with van der Waals surface area (Å²) >= 11 is 0. The molecule has 7 nitrogen and oxygen atoms in total. The summed E-state index contributed by atoms with van der Waals surface area (Å²) in [5.74, 6) is -1.24. The Hall–Kier alpha value is -1.38. The molecule has 1 aliphatic rings. The van der Waals surface area contributed by atoms with Gasteiger partial charge < -0.3 is 14.3 Å². The van der Waals surface area contributed by atoms with Gasteiger partial charge in [-0.3, -0.25) is 4.79 Å². The molecule has 1 fully saturated rings. The summed E-state index contributed by atoms with van der Waals surface area (Å²) in [6.45, 7) is 3.38. The van der Waals surface area contributed by atoms with Crippen molar-refractivity contribution in [1.82, 2.24) is 4.31 Å². The van der Waals surface area contributed by atoms with E-state index in [1.165, 1.54) is 19.3 Å². The second-order valence-corrected chi connectivity index (χ2v) is 6.24. The fourth-order valence-electron chi connectivity index (χ4n) is 2.04. The van der Waals surface area contributed by atoms with Gasteiger partial charge in [-0.1, -0.05) is 0 Å². The van der Waals surface area contributed by atoms with E-state index in [4.69, 9.17) is 9.15 Å². The van der Waals surface area contributed by atoms with E-state index in [9.17, 15) is 18.3 Å². The highest BCUT2D eigenvalue weighted by Gasteiger charge is 2.43. The first-order valence-corrected chi connectivity index (χ1v) is 7.19. The summed E-state index contributed by atoms with van der Waals surface area (Å²) in [6.07, 6.45) is 0.601. The van der Waals surface area contributed by atoms with Crippen molar-refractivity contribution < 1.29 is 27.5 Å². The van der Waals surface area contributed by atoms with Crippen molar-refractivity contribution in [3.63, 3.8) is 0 Å². The molecule has 0 radical (unpaired) electrons. The molecule has 2 heterocycles. The molecule has 1 aliphatic heterocycles. The molecule has 0 saturated carbocycles. The second-order valence-electron chi connectivity index (χ2n) is 4.42. The third kappa shape index (κ3) is 2.51. The maximum atomic E-state index is 12.4. The smallest absolute Gasteiger partial charge is 0.324 e. The first-order chi connectivity index (χ1) is 8.84. The van der Waals surface area contributed by atoms with Gasteiger partial charge in [0.15, 0.2) is 0 Å². The highest BCUT2D eigenvalue weighted by molar-refractivity contribution is 7.89. The van der Waals surface area contributed by atoms with Gasteiger partial charge in [0.25, 0.3) is 10.0 Å². The molecule has 8 heteroatoms. The van der Waals surface area contributed by atoms with Gasteiger partial charge in [-0.05, 0) is 19.4 Å². The minimum Gasteiger partial charge on any atom is -0.480 e. The molecule has 0 amide bonds. The fourth-order valence-corrected chi connectivity index (χ4v) is 3.65. The highest BCUT2D eigenvalue weighted by atomic mass is 32.2. The number of hydrogen-bond donors (Lipinski definition) is 1. The average molecular weight is 289 g/mol. The van der Waals surface area contributed by atoms with E-state index in [1.807, 2.05) is 0 Å². The number of carboxylic acid groups (broad SMARTS) is 1. The number of aryl methyl sites for hydroxylation is 1. The zero-order valence-corrected chi connectivity index (χ0v) is 11.4. The zero-order chi connectivity index (χ0) is 14.2. The van der Waals surface area contributed by atoms with Crippen LogP contribution in [-0.2, 0) is 19.6 Å². The predicted octanol–water partition coefficient (Wildman–Crippen LogP) is 0.451. The molecule has 0 aromatic carbocycles. The maximum absolute atomic E-state index is 12.4. The predicted molar refractivity (Wildman–Crippen MR) is 64.2 cm³/mol. The Kier molecular flexibility index (Phi) is 3.66. The van der Waals surface area contributed by atoms with Gasteiger partial charge in [0.05, 0.1) is 19.0 Å². The van der Waals surface area contributed by atoms with Crippen LogP contribution in [0.1, 0.15) is 12.5 Å². The summed E-state index contributed by atoms with van der Waals surface area (Å²) in [5.41, 5.74) is 0.659. The Morgan fingerprint density at radius 1 is 1.53 bits per heavy atom. The Bertz CT molecular complexity index is 578. The van der Waals surface area contributed by atoms with Crippen molar-refractivity contribution in [1.29, 1.82) is 0 Å². The third-order valence-corrected chi connectivity index (χ3v) is 4.72. The quantitative estimate of drug-likeness (QED) is 0.867. The lowest BCUT2D eigenvalue weighted by molar-refractivity contribution is -0.150. The van der Waals surface area contributed by atoms with Crippen LogP contribution in [0.5, 0.6) is 0 Å². The lowest BCUT2D eigenvalue weighted by Gasteiger charge is -2.35. The van der Waals surface area contributed by atoms with Crippen LogP contribution < -0.4 is 0 Å². The summed E-state index contributed by atoms with van der Waals surface area (Å²) in [4.78, 5) is 11.2. The number of ether oxygens (including phenoxy) is 1. The van der Waals surface area contributed by atoms with Crippen LogP contribution in [0.2, 0.25) is 0 Å². The first-order valence-electron chi connectivity index (χ1n) is 5.75. The number of carbonyl (C=O) groups is 1. The standard InChI is InChI=1S/C11H15NO6S/c1-7-5-9(18-6-7)19(15,16)12-3-4-17-8(2)10(12)11(13)14/h5-6,8,10H,3-4H2,1-2H3,(H,13,14)/t8-,10+/m1/s1. The Morgan fingerprint density at radius 2 is 2.21 bits per heavy atom. The Morgan fingerprint density at radius 3 is 2.74 bits per heavy atom. The molecule has 106 valence electrons. The van der Waals surface area contributed by atoms with E-state index in [-0.39, 0.29) is 18.2 Å². The number of hydrogen-bond acceptors (Lipinski definition) is 5. The number of furan rings is 1. The van der Waals surface area contributed by atoms with Crippen molar-refractivity contribution in [2.75, 3.05) is 13.2 Å². The SMILES string of the molecule is Cc1coc(S(=O)(=O)N2CCO[C@H](C)[C@H]2C(=O)O)c1. The number of rotatable bonds is 3. The molecule has 0 bridgehead atoms. The minimum absolute atomic E-state index is 0.0105. The van der Waals surface area contributed by atoms with E-state index in [2.05, 4.69) is 0 Å². The number of nitrogens with zero attached hydrogens (tertiary/aromatic N) is 1. The summed E-state index contributed by atoms with van der Waals surface area (Å²) < 4.78 is 35.8. The molecule has 0 unspecified atom stereocenters. The van der Waals surface area contributed by atoms with Gasteiger partial charge in [0.2, 0.25) is 5.09 Å². The molecule has 2 atom stereocenters. The lowest BCUT2D eigenvalue weighted by Crippen LogP contribution is -2.56. The Balaban J connectivity index is 2.40.